The van der Waals surface area contributed by atoms with Gasteiger partial charge in [0, 0.05) is 5.69 Å². The standard InChI is InChI=1S/C19H16Cl4F2N2O3/c1-10(2)29-16(15-13(20)4-3-5-14(15)21)27-18(28)26-11-6-8-12(9-7-11)30-19(24,25)17(22)23/h3-10,17H,1-2H3,(H,26,28). The quantitative estimate of drug-likeness (QED) is 0.260. The summed E-state index contributed by atoms with van der Waals surface area (Å²) in [5.74, 6) is -0.257. The molecular formula is C19H16Cl4F2N2O3. The number of carbonyl (C=O) groups is 1. The van der Waals surface area contributed by atoms with E-state index in [1.165, 1.54) is 24.3 Å². The number of halogens is 6. The molecule has 1 N–H and O–H groups in total. The Balaban J connectivity index is 2.19. The topological polar surface area (TPSA) is 59.9 Å². The molecule has 0 unspecified atom stereocenters. The molecule has 0 atom stereocenters. The number of carbonyl (C=O) groups excluding carboxylic acids is 1. The van der Waals surface area contributed by atoms with Crippen LogP contribution in [0, 0.1) is 0 Å². The van der Waals surface area contributed by atoms with Gasteiger partial charge in [0.15, 0.2) is 0 Å². The maximum Gasteiger partial charge on any atom is 0.428 e. The summed E-state index contributed by atoms with van der Waals surface area (Å²) in [7, 11) is 0. The maximum absolute atomic E-state index is 13.4. The third-order valence-electron chi connectivity index (χ3n) is 3.34. The highest BCUT2D eigenvalue weighted by atomic mass is 35.5. The fourth-order valence-corrected chi connectivity index (χ4v) is 2.77. The molecule has 30 heavy (non-hydrogen) atoms. The monoisotopic (exact) mass is 498 g/mol. The summed E-state index contributed by atoms with van der Waals surface area (Å²) in [4.78, 5) is 14.2. The molecule has 162 valence electrons. The van der Waals surface area contributed by atoms with Crippen LogP contribution >= 0.6 is 46.4 Å². The minimum atomic E-state index is -3.77. The number of anilines is 1. The zero-order valence-electron chi connectivity index (χ0n) is 15.6. The Morgan fingerprint density at radius 2 is 1.63 bits per heavy atom. The predicted octanol–water partition coefficient (Wildman–Crippen LogP) is 7.17. The van der Waals surface area contributed by atoms with E-state index in [1.807, 2.05) is 0 Å². The molecule has 0 fully saturated rings. The first-order chi connectivity index (χ1) is 14.0. The van der Waals surface area contributed by atoms with Crippen molar-refractivity contribution in [2.75, 3.05) is 5.32 Å². The van der Waals surface area contributed by atoms with Crippen LogP contribution in [-0.2, 0) is 4.74 Å². The predicted molar refractivity (Wildman–Crippen MR) is 116 cm³/mol. The van der Waals surface area contributed by atoms with Crippen molar-refractivity contribution in [1.29, 1.82) is 0 Å². The number of nitrogens with one attached hydrogen (secondary N) is 1. The van der Waals surface area contributed by atoms with E-state index < -0.39 is 17.0 Å². The fraction of sp³-hybridized carbons (Fsp3) is 0.263. The van der Waals surface area contributed by atoms with Crippen molar-refractivity contribution in [3.8, 4) is 5.75 Å². The number of rotatable bonds is 6. The van der Waals surface area contributed by atoms with E-state index in [1.54, 1.807) is 32.0 Å². The van der Waals surface area contributed by atoms with Crippen molar-refractivity contribution < 1.29 is 23.0 Å². The van der Waals surface area contributed by atoms with E-state index in [-0.39, 0.29) is 39.0 Å². The van der Waals surface area contributed by atoms with E-state index in [0.29, 0.717) is 0 Å². The van der Waals surface area contributed by atoms with Crippen molar-refractivity contribution >= 4 is 64.0 Å². The lowest BCUT2D eigenvalue weighted by Gasteiger charge is -2.18. The largest absolute Gasteiger partial charge is 0.474 e. The minimum Gasteiger partial charge on any atom is -0.474 e. The number of aliphatic imine (C=N–C) groups is 1. The molecule has 2 amide bonds. The Labute approximate surface area is 191 Å². The third kappa shape index (κ3) is 6.87. The molecule has 2 aromatic carbocycles. The summed E-state index contributed by atoms with van der Waals surface area (Å²) in [6.45, 7) is 3.50. The van der Waals surface area contributed by atoms with Gasteiger partial charge in [-0.05, 0) is 50.2 Å². The Morgan fingerprint density at radius 1 is 1.07 bits per heavy atom. The van der Waals surface area contributed by atoms with Crippen LogP contribution in [0.3, 0.4) is 0 Å². The van der Waals surface area contributed by atoms with Gasteiger partial charge in [0.05, 0.1) is 21.7 Å². The van der Waals surface area contributed by atoms with E-state index >= 15 is 0 Å². The van der Waals surface area contributed by atoms with Crippen LogP contribution in [-0.4, -0.2) is 29.0 Å². The molecule has 5 nitrogen and oxygen atoms in total. The van der Waals surface area contributed by atoms with Gasteiger partial charge >= 0.3 is 12.1 Å². The molecule has 2 aromatic rings. The first kappa shape index (κ1) is 24.5. The molecule has 2 rings (SSSR count). The molecule has 0 bridgehead atoms. The molecule has 0 spiro atoms. The fourth-order valence-electron chi connectivity index (χ4n) is 2.12. The normalized spacial score (nSPS) is 12.3. The van der Waals surface area contributed by atoms with Crippen LogP contribution in [0.5, 0.6) is 5.75 Å². The van der Waals surface area contributed by atoms with Gasteiger partial charge in [-0.3, -0.25) is 0 Å². The Morgan fingerprint density at radius 3 is 2.13 bits per heavy atom. The van der Waals surface area contributed by atoms with E-state index in [9.17, 15) is 13.6 Å². The van der Waals surface area contributed by atoms with E-state index in [0.717, 1.165) is 0 Å². The van der Waals surface area contributed by atoms with Crippen molar-refractivity contribution in [2.45, 2.75) is 30.9 Å². The van der Waals surface area contributed by atoms with Gasteiger partial charge in [0.25, 0.3) is 0 Å². The lowest BCUT2D eigenvalue weighted by molar-refractivity contribution is -0.163. The van der Waals surface area contributed by atoms with Crippen LogP contribution in [0.1, 0.15) is 19.4 Å². The van der Waals surface area contributed by atoms with Gasteiger partial charge < -0.3 is 14.8 Å². The summed E-state index contributed by atoms with van der Waals surface area (Å²) in [5, 5.41) is 3.00. The van der Waals surface area contributed by atoms with Crippen molar-refractivity contribution in [3.63, 3.8) is 0 Å². The Kier molecular flexibility index (Phi) is 8.55. The second-order valence-electron chi connectivity index (χ2n) is 6.10. The van der Waals surface area contributed by atoms with Crippen LogP contribution in [0.4, 0.5) is 19.3 Å². The molecule has 0 aliphatic rings. The number of benzene rings is 2. The second kappa shape index (κ2) is 10.5. The highest BCUT2D eigenvalue weighted by molar-refractivity contribution is 6.44. The number of ether oxygens (including phenoxy) is 2. The smallest absolute Gasteiger partial charge is 0.428 e. The molecular weight excluding hydrogens is 484 g/mol. The average Bonchev–Trinajstić information content (AvgIpc) is 2.62. The molecule has 0 radical (unpaired) electrons. The second-order valence-corrected chi connectivity index (χ2v) is 8.01. The van der Waals surface area contributed by atoms with Gasteiger partial charge in [-0.15, -0.1) is 0 Å². The Hall–Kier alpha value is -1.80. The minimum absolute atomic E-state index is 0.0621. The van der Waals surface area contributed by atoms with Gasteiger partial charge in [-0.25, -0.2) is 4.79 Å². The first-order valence-electron chi connectivity index (χ1n) is 8.45. The van der Waals surface area contributed by atoms with Crippen LogP contribution in [0.25, 0.3) is 0 Å². The average molecular weight is 500 g/mol. The van der Waals surface area contributed by atoms with Crippen molar-refractivity contribution in [2.24, 2.45) is 4.99 Å². The highest BCUT2D eigenvalue weighted by Crippen LogP contribution is 2.31. The molecule has 0 saturated carbocycles. The zero-order valence-corrected chi connectivity index (χ0v) is 18.7. The number of hydrogen-bond donors (Lipinski definition) is 1. The van der Waals surface area contributed by atoms with E-state index in [4.69, 9.17) is 51.1 Å². The first-order valence-corrected chi connectivity index (χ1v) is 10.1. The summed E-state index contributed by atoms with van der Waals surface area (Å²) in [5.41, 5.74) is 0.536. The third-order valence-corrected chi connectivity index (χ3v) is 4.48. The number of amides is 2. The number of nitrogens with zero attached hydrogens (tertiary/aromatic N) is 1. The molecule has 0 heterocycles. The molecule has 0 aliphatic heterocycles. The highest BCUT2D eigenvalue weighted by Gasteiger charge is 2.40. The summed E-state index contributed by atoms with van der Waals surface area (Å²) in [6, 6.07) is 9.11. The Bertz CT molecular complexity index is 902. The van der Waals surface area contributed by atoms with Gasteiger partial charge in [0.1, 0.15) is 5.75 Å². The van der Waals surface area contributed by atoms with Gasteiger partial charge in [0.2, 0.25) is 10.7 Å². The van der Waals surface area contributed by atoms with Crippen molar-refractivity contribution in [1.82, 2.24) is 0 Å². The van der Waals surface area contributed by atoms with Gasteiger partial charge in [-0.2, -0.15) is 13.8 Å². The lowest BCUT2D eigenvalue weighted by Crippen LogP contribution is -2.32. The lowest BCUT2D eigenvalue weighted by atomic mass is 10.2. The van der Waals surface area contributed by atoms with Crippen molar-refractivity contribution in [3.05, 3.63) is 58.1 Å². The maximum atomic E-state index is 13.4. The zero-order chi connectivity index (χ0) is 22.5. The van der Waals surface area contributed by atoms with Crippen LogP contribution in [0.2, 0.25) is 10.0 Å². The SMILES string of the molecule is CC(C)OC(=NC(=O)Nc1ccc(OC(F)(F)C(Cl)Cl)cc1)c1c(Cl)cccc1Cl. The molecule has 0 saturated heterocycles. The van der Waals surface area contributed by atoms with Crippen LogP contribution in [0.15, 0.2) is 47.5 Å². The number of hydrogen-bond acceptors (Lipinski definition) is 3. The van der Waals surface area contributed by atoms with E-state index in [2.05, 4.69) is 15.0 Å². The molecule has 0 aromatic heterocycles. The number of alkyl halides is 4. The summed E-state index contributed by atoms with van der Waals surface area (Å²) >= 11 is 22.7. The summed E-state index contributed by atoms with van der Waals surface area (Å²) in [6.07, 6.45) is -4.08. The number of urea groups is 1. The van der Waals surface area contributed by atoms with Gasteiger partial charge in [-0.1, -0.05) is 52.5 Å². The molecule has 11 heteroatoms. The van der Waals surface area contributed by atoms with Crippen LogP contribution < -0.4 is 10.1 Å². The molecule has 0 aliphatic carbocycles. The summed E-state index contributed by atoms with van der Waals surface area (Å²) < 4.78 is 36.8.